The molecule has 2 heterocycles. The first-order chi connectivity index (χ1) is 8.67. The van der Waals surface area contributed by atoms with E-state index in [0.717, 1.165) is 5.69 Å². The van der Waals surface area contributed by atoms with Crippen LogP contribution in [0.25, 0.3) is 0 Å². The predicted molar refractivity (Wildman–Crippen MR) is 68.1 cm³/mol. The number of fused-ring (bicyclic) bond motifs is 1. The van der Waals surface area contributed by atoms with Crippen LogP contribution in [0.15, 0.2) is 42.5 Å². The van der Waals surface area contributed by atoms with Crippen molar-refractivity contribution in [2.75, 3.05) is 0 Å². The Labute approximate surface area is 105 Å². The first-order valence-corrected chi connectivity index (χ1v) is 7.18. The Bertz CT molecular complexity index is 627. The summed E-state index contributed by atoms with van der Waals surface area (Å²) in [6.45, 7) is 2.11. The van der Waals surface area contributed by atoms with Gasteiger partial charge in [0.1, 0.15) is 12.3 Å². The third-order valence-electron chi connectivity index (χ3n) is 2.73. The van der Waals surface area contributed by atoms with E-state index in [1.165, 1.54) is 0 Å². The van der Waals surface area contributed by atoms with Gasteiger partial charge in [0.15, 0.2) is 5.75 Å². The van der Waals surface area contributed by atoms with E-state index in [9.17, 15) is 4.57 Å². The molecule has 0 spiro atoms. The summed E-state index contributed by atoms with van der Waals surface area (Å²) < 4.78 is 23.5. The van der Waals surface area contributed by atoms with Crippen LogP contribution in [-0.4, -0.2) is 4.98 Å². The highest BCUT2D eigenvalue weighted by atomic mass is 31.2. The zero-order chi connectivity index (χ0) is 12.6. The highest BCUT2D eigenvalue weighted by Crippen LogP contribution is 2.52. The Morgan fingerprint density at radius 2 is 1.94 bits per heavy atom. The van der Waals surface area contributed by atoms with Gasteiger partial charge < -0.3 is 4.52 Å². The van der Waals surface area contributed by atoms with Gasteiger partial charge in [0.25, 0.3) is 0 Å². The molecule has 4 nitrogen and oxygen atoms in total. The van der Waals surface area contributed by atoms with Gasteiger partial charge >= 0.3 is 7.60 Å². The van der Waals surface area contributed by atoms with Gasteiger partial charge in [-0.1, -0.05) is 18.2 Å². The number of aromatic nitrogens is 1. The van der Waals surface area contributed by atoms with Crippen molar-refractivity contribution in [3.05, 3.63) is 53.9 Å². The lowest BCUT2D eigenvalue weighted by Gasteiger charge is -2.25. The minimum absolute atomic E-state index is 0.211. The molecule has 0 amide bonds. The summed E-state index contributed by atoms with van der Waals surface area (Å²) in [7, 11) is -3.25. The Morgan fingerprint density at radius 3 is 2.72 bits per heavy atom. The highest BCUT2D eigenvalue weighted by Gasteiger charge is 2.34. The van der Waals surface area contributed by atoms with Crippen molar-refractivity contribution in [2.45, 2.75) is 13.5 Å². The smallest absolute Gasteiger partial charge is 0.411 e. The summed E-state index contributed by atoms with van der Waals surface area (Å²) in [6, 6.07) is 12.6. The number of rotatable bonds is 1. The van der Waals surface area contributed by atoms with Gasteiger partial charge in [-0.3, -0.25) is 9.51 Å². The summed E-state index contributed by atoms with van der Waals surface area (Å²) in [5.74, 6) is 0.541. The summed E-state index contributed by atoms with van der Waals surface area (Å²) in [6.07, 6.45) is 0. The Morgan fingerprint density at radius 1 is 1.17 bits per heavy atom. The first-order valence-electron chi connectivity index (χ1n) is 5.64. The van der Waals surface area contributed by atoms with Gasteiger partial charge in [-0.15, -0.1) is 0 Å². The molecule has 1 aromatic carbocycles. The molecule has 18 heavy (non-hydrogen) atoms. The number of pyridine rings is 1. The summed E-state index contributed by atoms with van der Waals surface area (Å²) in [5, 5.41) is 0.566. The van der Waals surface area contributed by atoms with Crippen LogP contribution in [0.2, 0.25) is 0 Å². The van der Waals surface area contributed by atoms with E-state index in [2.05, 4.69) is 4.98 Å². The van der Waals surface area contributed by atoms with Crippen LogP contribution in [0.3, 0.4) is 0 Å². The molecule has 0 radical (unpaired) electrons. The molecule has 0 saturated carbocycles. The van der Waals surface area contributed by atoms with Gasteiger partial charge in [0.05, 0.1) is 5.30 Å². The largest absolute Gasteiger partial charge is 0.419 e. The molecule has 0 fully saturated rings. The van der Waals surface area contributed by atoms with Crippen LogP contribution in [0.1, 0.15) is 11.4 Å². The summed E-state index contributed by atoms with van der Waals surface area (Å²) in [4.78, 5) is 4.30. The van der Waals surface area contributed by atoms with E-state index in [1.54, 1.807) is 18.2 Å². The molecule has 0 aliphatic carbocycles. The van der Waals surface area contributed by atoms with Crippen molar-refractivity contribution in [1.29, 1.82) is 0 Å². The second kappa shape index (κ2) is 4.23. The number of aryl methyl sites for hydroxylation is 1. The number of nitrogens with zero attached hydrogens (tertiary/aromatic N) is 1. The van der Waals surface area contributed by atoms with Gasteiger partial charge in [0.2, 0.25) is 0 Å². The fourth-order valence-corrected chi connectivity index (χ4v) is 3.39. The van der Waals surface area contributed by atoms with Crippen molar-refractivity contribution in [3.8, 4) is 5.75 Å². The van der Waals surface area contributed by atoms with Crippen molar-refractivity contribution in [3.63, 3.8) is 0 Å². The van der Waals surface area contributed by atoms with Gasteiger partial charge in [0, 0.05) is 5.69 Å². The number of benzene rings is 1. The minimum Gasteiger partial charge on any atom is -0.419 e. The Kier molecular flexibility index (Phi) is 2.69. The van der Waals surface area contributed by atoms with Gasteiger partial charge in [-0.05, 0) is 31.2 Å². The molecule has 0 saturated heterocycles. The summed E-state index contributed by atoms with van der Waals surface area (Å²) >= 11 is 0. The van der Waals surface area contributed by atoms with E-state index >= 15 is 0 Å². The van der Waals surface area contributed by atoms with Crippen molar-refractivity contribution in [1.82, 2.24) is 4.98 Å². The van der Waals surface area contributed by atoms with Crippen LogP contribution >= 0.6 is 7.60 Å². The molecule has 0 N–H and O–H groups in total. The maximum atomic E-state index is 12.6. The quantitative estimate of drug-likeness (QED) is 0.740. The first kappa shape index (κ1) is 11.5. The average molecular weight is 261 g/mol. The van der Waals surface area contributed by atoms with E-state index in [0.29, 0.717) is 16.7 Å². The van der Waals surface area contributed by atoms with E-state index in [4.69, 9.17) is 9.05 Å². The lowest BCUT2D eigenvalue weighted by atomic mass is 10.3. The molecule has 1 unspecified atom stereocenters. The van der Waals surface area contributed by atoms with Crippen LogP contribution in [0, 0.1) is 6.92 Å². The molecule has 1 aromatic heterocycles. The molecular weight excluding hydrogens is 249 g/mol. The molecule has 92 valence electrons. The standard InChI is InChI=1S/C13H12NO3P/c1-10-7-8-13-12(14-10)9-16-18(15,17-13)11-5-3-2-4-6-11/h2-8H,9H2,1H3. The van der Waals surface area contributed by atoms with E-state index in [-0.39, 0.29) is 6.61 Å². The molecule has 2 aromatic rings. The zero-order valence-electron chi connectivity index (χ0n) is 9.87. The number of hydrogen-bond donors (Lipinski definition) is 0. The number of hydrogen-bond acceptors (Lipinski definition) is 4. The fourth-order valence-electron chi connectivity index (χ4n) is 1.82. The third-order valence-corrected chi connectivity index (χ3v) is 4.57. The van der Waals surface area contributed by atoms with Gasteiger partial charge in [-0.25, -0.2) is 4.57 Å². The second-order valence-electron chi connectivity index (χ2n) is 4.10. The molecule has 1 atom stereocenters. The minimum atomic E-state index is -3.25. The molecule has 1 aliphatic rings. The molecule has 5 heteroatoms. The average Bonchev–Trinajstić information content (AvgIpc) is 2.40. The fraction of sp³-hybridized carbons (Fsp3) is 0.154. The SMILES string of the molecule is Cc1ccc2c(n1)COP(=O)(c1ccccc1)O2. The maximum absolute atomic E-state index is 12.6. The van der Waals surface area contributed by atoms with Crippen LogP contribution in [0.4, 0.5) is 0 Å². The Balaban J connectivity index is 2.00. The monoisotopic (exact) mass is 261 g/mol. The lowest BCUT2D eigenvalue weighted by molar-refractivity contribution is 0.236. The normalized spacial score (nSPS) is 22.1. The zero-order valence-corrected chi connectivity index (χ0v) is 10.8. The summed E-state index contributed by atoms with van der Waals surface area (Å²) in [5.41, 5.74) is 1.58. The molecular formula is C13H12NO3P. The van der Waals surface area contributed by atoms with Gasteiger partial charge in [-0.2, -0.15) is 0 Å². The molecule has 1 aliphatic heterocycles. The van der Waals surface area contributed by atoms with Crippen molar-refractivity contribution in [2.24, 2.45) is 0 Å². The molecule has 3 rings (SSSR count). The molecule has 0 bridgehead atoms. The topological polar surface area (TPSA) is 48.4 Å². The van der Waals surface area contributed by atoms with Crippen molar-refractivity contribution >= 4 is 12.9 Å². The van der Waals surface area contributed by atoms with E-state index in [1.807, 2.05) is 31.2 Å². The predicted octanol–water partition coefficient (Wildman–Crippen LogP) is 2.82. The second-order valence-corrected chi connectivity index (χ2v) is 6.05. The maximum Gasteiger partial charge on any atom is 0.411 e. The van der Waals surface area contributed by atoms with Crippen LogP contribution < -0.4 is 9.83 Å². The van der Waals surface area contributed by atoms with Crippen LogP contribution in [0.5, 0.6) is 5.75 Å². The highest BCUT2D eigenvalue weighted by molar-refractivity contribution is 7.62. The van der Waals surface area contributed by atoms with Crippen molar-refractivity contribution < 1.29 is 13.6 Å². The van der Waals surface area contributed by atoms with Crippen LogP contribution in [-0.2, 0) is 15.7 Å². The Hall–Kier alpha value is -1.64. The van der Waals surface area contributed by atoms with E-state index < -0.39 is 7.60 Å². The third kappa shape index (κ3) is 1.94. The lowest BCUT2D eigenvalue weighted by Crippen LogP contribution is -2.17.